The van der Waals surface area contributed by atoms with E-state index in [4.69, 9.17) is 5.73 Å². The Labute approximate surface area is 125 Å². The van der Waals surface area contributed by atoms with E-state index < -0.39 is 0 Å². The second kappa shape index (κ2) is 5.24. The minimum absolute atomic E-state index is 0.00807. The first-order valence-electron chi connectivity index (χ1n) is 7.34. The summed E-state index contributed by atoms with van der Waals surface area (Å²) in [6.45, 7) is 4.65. The molecule has 2 N–H and O–H groups in total. The summed E-state index contributed by atoms with van der Waals surface area (Å²) in [5, 5.41) is 0. The van der Waals surface area contributed by atoms with E-state index in [1.54, 1.807) is 6.92 Å². The number of aryl methyl sites for hydroxylation is 2. The van der Waals surface area contributed by atoms with Gasteiger partial charge in [0.2, 0.25) is 0 Å². The van der Waals surface area contributed by atoms with Crippen molar-refractivity contribution < 1.29 is 4.79 Å². The van der Waals surface area contributed by atoms with E-state index >= 15 is 0 Å². The monoisotopic (exact) mass is 280 g/mol. The van der Waals surface area contributed by atoms with Gasteiger partial charge in [-0.15, -0.1) is 0 Å². The number of carbonyl (C=O) groups excluding carboxylic acids is 1. The number of ketones is 1. The van der Waals surface area contributed by atoms with E-state index in [2.05, 4.69) is 30.0 Å². The Kier molecular flexibility index (Phi) is 3.42. The molecule has 1 heterocycles. The number of nitrogen functional groups attached to an aromatic ring is 1. The SMILES string of the molecule is CC(=O)c1ccc(N2CCCc3cc(C)ccc32)cc1N. The molecule has 0 atom stereocenters. The average molecular weight is 280 g/mol. The third-order valence-electron chi connectivity index (χ3n) is 4.08. The maximum Gasteiger partial charge on any atom is 0.161 e. The largest absolute Gasteiger partial charge is 0.398 e. The molecule has 0 bridgehead atoms. The number of nitrogens with two attached hydrogens (primary N) is 1. The van der Waals surface area contributed by atoms with Crippen molar-refractivity contribution in [3.8, 4) is 0 Å². The molecule has 3 rings (SSSR count). The van der Waals surface area contributed by atoms with Crippen LogP contribution in [0.4, 0.5) is 17.1 Å². The molecular formula is C18H20N2O. The van der Waals surface area contributed by atoms with Crippen LogP contribution in [0.3, 0.4) is 0 Å². The minimum Gasteiger partial charge on any atom is -0.398 e. The van der Waals surface area contributed by atoms with Gasteiger partial charge in [0, 0.05) is 29.2 Å². The number of hydrogen-bond donors (Lipinski definition) is 1. The second-order valence-electron chi connectivity index (χ2n) is 5.72. The average Bonchev–Trinajstić information content (AvgIpc) is 2.45. The Morgan fingerprint density at radius 1 is 1.19 bits per heavy atom. The van der Waals surface area contributed by atoms with Gasteiger partial charge in [0.15, 0.2) is 5.78 Å². The van der Waals surface area contributed by atoms with Gasteiger partial charge in [-0.3, -0.25) is 4.79 Å². The molecule has 0 spiro atoms. The molecule has 0 aliphatic carbocycles. The van der Waals surface area contributed by atoms with Gasteiger partial charge in [0.1, 0.15) is 0 Å². The summed E-state index contributed by atoms with van der Waals surface area (Å²) in [5.41, 5.74) is 12.2. The van der Waals surface area contributed by atoms with Crippen molar-refractivity contribution in [1.29, 1.82) is 0 Å². The van der Waals surface area contributed by atoms with Crippen LogP contribution >= 0.6 is 0 Å². The number of anilines is 3. The highest BCUT2D eigenvalue weighted by molar-refractivity contribution is 5.99. The maximum absolute atomic E-state index is 11.5. The normalized spacial score (nSPS) is 13.9. The van der Waals surface area contributed by atoms with Crippen molar-refractivity contribution in [1.82, 2.24) is 0 Å². The fourth-order valence-electron chi connectivity index (χ4n) is 3.03. The van der Waals surface area contributed by atoms with Crippen molar-refractivity contribution in [2.75, 3.05) is 17.2 Å². The molecule has 0 unspecified atom stereocenters. The lowest BCUT2D eigenvalue weighted by Gasteiger charge is -2.32. The summed E-state index contributed by atoms with van der Waals surface area (Å²) in [4.78, 5) is 13.8. The smallest absolute Gasteiger partial charge is 0.161 e. The van der Waals surface area contributed by atoms with Crippen LogP contribution in [-0.2, 0) is 6.42 Å². The quantitative estimate of drug-likeness (QED) is 0.671. The number of Topliss-reactive ketones (excluding diaryl/α,β-unsaturated/α-hetero) is 1. The van der Waals surface area contributed by atoms with Crippen LogP contribution in [0.2, 0.25) is 0 Å². The predicted molar refractivity (Wildman–Crippen MR) is 87.4 cm³/mol. The third-order valence-corrected chi connectivity index (χ3v) is 4.08. The Balaban J connectivity index is 2.03. The summed E-state index contributed by atoms with van der Waals surface area (Å²) in [5.74, 6) is 0.00807. The molecule has 0 saturated heterocycles. The maximum atomic E-state index is 11.5. The molecule has 21 heavy (non-hydrogen) atoms. The van der Waals surface area contributed by atoms with E-state index in [0.29, 0.717) is 11.3 Å². The molecule has 3 nitrogen and oxygen atoms in total. The Bertz CT molecular complexity index is 706. The highest BCUT2D eigenvalue weighted by atomic mass is 16.1. The molecule has 2 aromatic rings. The first-order chi connectivity index (χ1) is 10.1. The summed E-state index contributed by atoms with van der Waals surface area (Å²) in [6, 6.07) is 12.3. The van der Waals surface area contributed by atoms with Crippen LogP contribution < -0.4 is 10.6 Å². The van der Waals surface area contributed by atoms with Crippen LogP contribution in [0.5, 0.6) is 0 Å². The fraction of sp³-hybridized carbons (Fsp3) is 0.278. The fourth-order valence-corrected chi connectivity index (χ4v) is 3.03. The number of hydrogen-bond acceptors (Lipinski definition) is 3. The molecule has 108 valence electrons. The molecule has 0 amide bonds. The van der Waals surface area contributed by atoms with E-state index in [1.807, 2.05) is 18.2 Å². The molecule has 3 heteroatoms. The number of nitrogens with zero attached hydrogens (tertiary/aromatic N) is 1. The number of fused-ring (bicyclic) bond motifs is 1. The van der Waals surface area contributed by atoms with Gasteiger partial charge < -0.3 is 10.6 Å². The van der Waals surface area contributed by atoms with Gasteiger partial charge in [-0.05, 0) is 56.5 Å². The van der Waals surface area contributed by atoms with Crippen LogP contribution in [0.15, 0.2) is 36.4 Å². The summed E-state index contributed by atoms with van der Waals surface area (Å²) in [6.07, 6.45) is 2.25. The molecule has 1 aliphatic heterocycles. The van der Waals surface area contributed by atoms with Crippen molar-refractivity contribution in [2.24, 2.45) is 0 Å². The lowest BCUT2D eigenvalue weighted by Crippen LogP contribution is -2.24. The standard InChI is InChI=1S/C18H20N2O/c1-12-5-8-18-14(10-12)4-3-9-20(18)15-6-7-16(13(2)21)17(19)11-15/h5-8,10-11H,3-4,9,19H2,1-2H3. The lowest BCUT2D eigenvalue weighted by molar-refractivity contribution is 0.101. The molecule has 0 saturated carbocycles. The van der Waals surface area contributed by atoms with Gasteiger partial charge in [-0.2, -0.15) is 0 Å². The summed E-state index contributed by atoms with van der Waals surface area (Å²) in [7, 11) is 0. The van der Waals surface area contributed by atoms with Gasteiger partial charge >= 0.3 is 0 Å². The zero-order valence-electron chi connectivity index (χ0n) is 12.5. The summed E-state index contributed by atoms with van der Waals surface area (Å²) < 4.78 is 0. The van der Waals surface area contributed by atoms with E-state index in [0.717, 1.165) is 25.1 Å². The number of carbonyl (C=O) groups is 1. The van der Waals surface area contributed by atoms with Gasteiger partial charge in [0.05, 0.1) is 0 Å². The summed E-state index contributed by atoms with van der Waals surface area (Å²) >= 11 is 0. The zero-order valence-corrected chi connectivity index (χ0v) is 12.5. The highest BCUT2D eigenvalue weighted by Gasteiger charge is 2.19. The molecule has 2 aromatic carbocycles. The topological polar surface area (TPSA) is 46.3 Å². The molecular weight excluding hydrogens is 260 g/mol. The Hall–Kier alpha value is -2.29. The van der Waals surface area contributed by atoms with Crippen LogP contribution in [0.25, 0.3) is 0 Å². The zero-order chi connectivity index (χ0) is 15.0. The Morgan fingerprint density at radius 3 is 2.71 bits per heavy atom. The highest BCUT2D eigenvalue weighted by Crippen LogP contribution is 2.35. The Morgan fingerprint density at radius 2 is 2.00 bits per heavy atom. The number of benzene rings is 2. The molecule has 1 aliphatic rings. The third kappa shape index (κ3) is 2.51. The second-order valence-corrected chi connectivity index (χ2v) is 5.72. The van der Waals surface area contributed by atoms with E-state index in [-0.39, 0.29) is 5.78 Å². The van der Waals surface area contributed by atoms with Crippen molar-refractivity contribution >= 4 is 22.8 Å². The van der Waals surface area contributed by atoms with Crippen molar-refractivity contribution in [2.45, 2.75) is 26.7 Å². The van der Waals surface area contributed by atoms with E-state index in [9.17, 15) is 4.79 Å². The van der Waals surface area contributed by atoms with Crippen LogP contribution in [-0.4, -0.2) is 12.3 Å². The van der Waals surface area contributed by atoms with Crippen LogP contribution in [0.1, 0.15) is 34.8 Å². The molecule has 0 aromatic heterocycles. The lowest BCUT2D eigenvalue weighted by atomic mass is 9.98. The first kappa shape index (κ1) is 13.7. The van der Waals surface area contributed by atoms with Gasteiger partial charge in [-0.25, -0.2) is 0 Å². The van der Waals surface area contributed by atoms with Crippen LogP contribution in [0, 0.1) is 6.92 Å². The molecule has 0 radical (unpaired) electrons. The number of rotatable bonds is 2. The minimum atomic E-state index is 0.00807. The predicted octanol–water partition coefficient (Wildman–Crippen LogP) is 3.86. The molecule has 0 fully saturated rings. The van der Waals surface area contributed by atoms with Gasteiger partial charge in [0.25, 0.3) is 0 Å². The first-order valence-corrected chi connectivity index (χ1v) is 7.34. The van der Waals surface area contributed by atoms with Gasteiger partial charge in [-0.1, -0.05) is 17.7 Å². The van der Waals surface area contributed by atoms with Crippen molar-refractivity contribution in [3.05, 3.63) is 53.1 Å². The van der Waals surface area contributed by atoms with Crippen molar-refractivity contribution in [3.63, 3.8) is 0 Å². The van der Waals surface area contributed by atoms with E-state index in [1.165, 1.54) is 16.8 Å².